The predicted octanol–water partition coefficient (Wildman–Crippen LogP) is 7.22. The first-order valence-electron chi connectivity index (χ1n) is 12.6. The van der Waals surface area contributed by atoms with E-state index < -0.39 is 0 Å². The van der Waals surface area contributed by atoms with Gasteiger partial charge < -0.3 is 14.2 Å². The molecule has 0 saturated carbocycles. The van der Waals surface area contributed by atoms with Crippen LogP contribution in [0.4, 0.5) is 0 Å². The van der Waals surface area contributed by atoms with E-state index in [2.05, 4.69) is 47.6 Å². The molecule has 0 fully saturated rings. The van der Waals surface area contributed by atoms with Gasteiger partial charge in [-0.25, -0.2) is 0 Å². The van der Waals surface area contributed by atoms with Crippen molar-refractivity contribution in [3.63, 3.8) is 0 Å². The van der Waals surface area contributed by atoms with E-state index in [1.54, 1.807) is 0 Å². The molecule has 0 spiro atoms. The van der Waals surface area contributed by atoms with Crippen molar-refractivity contribution in [2.24, 2.45) is 0 Å². The van der Waals surface area contributed by atoms with Crippen molar-refractivity contribution in [2.75, 3.05) is 0 Å². The molecule has 0 aliphatic carbocycles. The average molecular weight is 494 g/mol. The van der Waals surface area contributed by atoms with Gasteiger partial charge in [0.05, 0.1) is 23.6 Å². The van der Waals surface area contributed by atoms with E-state index in [0.717, 1.165) is 41.3 Å². The van der Waals surface area contributed by atoms with Crippen LogP contribution in [0.1, 0.15) is 93.4 Å². The van der Waals surface area contributed by atoms with Gasteiger partial charge in [-0.2, -0.15) is 0 Å². The van der Waals surface area contributed by atoms with Crippen molar-refractivity contribution in [3.05, 3.63) is 46.0 Å². The minimum atomic E-state index is -0.111. The van der Waals surface area contributed by atoms with Crippen LogP contribution in [0.3, 0.4) is 0 Å². The third-order valence-electron chi connectivity index (χ3n) is 6.58. The van der Waals surface area contributed by atoms with Gasteiger partial charge in [-0.3, -0.25) is 4.79 Å². The van der Waals surface area contributed by atoms with Crippen LogP contribution >= 0.6 is 8.58 Å². The van der Waals surface area contributed by atoms with Crippen LogP contribution in [0, 0.1) is 27.7 Å². The first-order valence-corrected chi connectivity index (χ1v) is 13.6. The molecule has 1 radical (unpaired) electrons. The third-order valence-corrected chi connectivity index (χ3v) is 7.80. The van der Waals surface area contributed by atoms with Gasteiger partial charge in [-0.1, -0.05) is 26.8 Å². The Labute approximate surface area is 226 Å². The average Bonchev–Trinajstić information content (AvgIpc) is 2.79. The molecule has 4 nitrogen and oxygen atoms in total. The van der Waals surface area contributed by atoms with E-state index >= 15 is 0 Å². The van der Waals surface area contributed by atoms with Crippen LogP contribution in [-0.4, -0.2) is 42.7 Å². The number of benzene rings is 2. The Morgan fingerprint density at radius 3 is 1.66 bits per heavy atom. The molecule has 4 unspecified atom stereocenters. The summed E-state index contributed by atoms with van der Waals surface area (Å²) in [7, 11) is -0.111. The summed E-state index contributed by atoms with van der Waals surface area (Å²) in [5.41, 5.74) is 5.37. The van der Waals surface area contributed by atoms with Crippen molar-refractivity contribution in [1.82, 2.24) is 0 Å². The fourth-order valence-corrected chi connectivity index (χ4v) is 4.91. The number of aryl methyl sites for hydroxylation is 2. The smallest absolute Gasteiger partial charge is 0.186 e. The van der Waals surface area contributed by atoms with Crippen molar-refractivity contribution < 1.29 is 19.0 Å². The van der Waals surface area contributed by atoms with E-state index in [-0.39, 0.29) is 51.3 Å². The fourth-order valence-electron chi connectivity index (χ4n) is 3.67. The number of carbonyl (C=O) groups is 1. The zero-order chi connectivity index (χ0) is 25.6. The van der Waals surface area contributed by atoms with Crippen LogP contribution in [0.2, 0.25) is 0 Å². The standard InChI is InChI=1S/C29H43O4P.Li/c1-11-19(6)31-24-15-25(32-20(7)12-2)28(26(16-24)33-21(8)13-3)34-29(30)27-18(5)14-17(4)22(9)23(27)10;/h14-16,19-21,34H,11-13H2,1-10H3;. The summed E-state index contributed by atoms with van der Waals surface area (Å²) in [5, 5.41) is 0.819. The normalized spacial score (nSPS) is 13.8. The van der Waals surface area contributed by atoms with E-state index in [0.29, 0.717) is 17.2 Å². The zero-order valence-electron chi connectivity index (χ0n) is 23.7. The van der Waals surface area contributed by atoms with Gasteiger partial charge in [0.25, 0.3) is 0 Å². The van der Waals surface area contributed by atoms with Gasteiger partial charge in [0.15, 0.2) is 5.52 Å². The SMILES string of the molecule is CCC(C)Oc1cc(OC(C)CC)c(PC(=O)c2c(C)cc(C)c(C)c2C)c(OC(C)CC)c1.[Li]. The van der Waals surface area contributed by atoms with Crippen molar-refractivity contribution in [2.45, 2.75) is 107 Å². The number of hydrogen-bond acceptors (Lipinski definition) is 4. The summed E-state index contributed by atoms with van der Waals surface area (Å²) in [4.78, 5) is 13.7. The molecule has 35 heavy (non-hydrogen) atoms. The van der Waals surface area contributed by atoms with Crippen LogP contribution < -0.4 is 19.5 Å². The van der Waals surface area contributed by atoms with E-state index in [9.17, 15) is 4.79 Å². The first-order chi connectivity index (χ1) is 16.0. The molecule has 2 aromatic carbocycles. The Morgan fingerprint density at radius 2 is 1.20 bits per heavy atom. The topological polar surface area (TPSA) is 44.8 Å². The van der Waals surface area contributed by atoms with Crippen molar-refractivity contribution >= 4 is 38.3 Å². The summed E-state index contributed by atoms with van der Waals surface area (Å²) in [6.45, 7) is 20.7. The van der Waals surface area contributed by atoms with Crippen LogP contribution in [-0.2, 0) is 0 Å². The molecule has 0 aliphatic heterocycles. The molecule has 0 aromatic heterocycles. The quantitative estimate of drug-likeness (QED) is 0.231. The monoisotopic (exact) mass is 493 g/mol. The molecule has 0 saturated heterocycles. The van der Waals surface area contributed by atoms with Gasteiger partial charge in [-0.15, -0.1) is 0 Å². The molecule has 2 rings (SSSR count). The summed E-state index contributed by atoms with van der Waals surface area (Å²) in [6, 6.07) is 5.96. The Kier molecular flexibility index (Phi) is 12.9. The van der Waals surface area contributed by atoms with Gasteiger partial charge in [-0.05, 0) is 98.6 Å². The zero-order valence-corrected chi connectivity index (χ0v) is 24.7. The molecule has 4 atom stereocenters. The maximum absolute atomic E-state index is 13.7. The van der Waals surface area contributed by atoms with Crippen LogP contribution in [0.5, 0.6) is 17.2 Å². The summed E-state index contributed by atoms with van der Waals surface area (Å²) in [5.74, 6) is 2.07. The summed E-state index contributed by atoms with van der Waals surface area (Å²) >= 11 is 0. The van der Waals surface area contributed by atoms with Gasteiger partial charge in [0, 0.05) is 36.6 Å². The molecular weight excluding hydrogens is 450 g/mol. The van der Waals surface area contributed by atoms with Crippen LogP contribution in [0.25, 0.3) is 0 Å². The van der Waals surface area contributed by atoms with Crippen molar-refractivity contribution in [1.29, 1.82) is 0 Å². The molecule has 0 bridgehead atoms. The number of hydrogen-bond donors (Lipinski definition) is 0. The van der Waals surface area contributed by atoms with E-state index in [1.807, 2.05) is 39.8 Å². The maximum atomic E-state index is 13.7. The minimum absolute atomic E-state index is 0. The number of rotatable bonds is 12. The Hall–Kier alpha value is -1.46. The molecule has 189 valence electrons. The minimum Gasteiger partial charge on any atom is -0.490 e. The molecule has 6 heteroatoms. The predicted molar refractivity (Wildman–Crippen MR) is 151 cm³/mol. The van der Waals surface area contributed by atoms with Gasteiger partial charge >= 0.3 is 0 Å². The molecular formula is C29H43LiO4P. The number of ether oxygens (including phenoxy) is 3. The summed E-state index contributed by atoms with van der Waals surface area (Å²) < 4.78 is 18.8. The van der Waals surface area contributed by atoms with Crippen LogP contribution in [0.15, 0.2) is 18.2 Å². The largest absolute Gasteiger partial charge is 0.490 e. The van der Waals surface area contributed by atoms with E-state index in [1.165, 1.54) is 11.1 Å². The Balaban J connectivity index is 0.00000612. The second-order valence-electron chi connectivity index (χ2n) is 9.39. The molecule has 0 amide bonds. The van der Waals surface area contributed by atoms with Gasteiger partial charge in [0.2, 0.25) is 0 Å². The molecule has 0 aliphatic rings. The number of carbonyl (C=O) groups excluding carboxylic acids is 1. The Bertz CT molecular complexity index is 972. The van der Waals surface area contributed by atoms with E-state index in [4.69, 9.17) is 14.2 Å². The first kappa shape index (κ1) is 31.6. The second-order valence-corrected chi connectivity index (χ2v) is 10.6. The fraction of sp³-hybridized carbons (Fsp3) is 0.552. The molecule has 0 heterocycles. The third kappa shape index (κ3) is 8.28. The maximum Gasteiger partial charge on any atom is 0.186 e. The van der Waals surface area contributed by atoms with Crippen molar-refractivity contribution in [3.8, 4) is 17.2 Å². The second kappa shape index (κ2) is 14.3. The summed E-state index contributed by atoms with van der Waals surface area (Å²) in [6.07, 6.45) is 2.73. The molecule has 0 N–H and O–H groups in total. The molecule has 2 aromatic rings. The van der Waals surface area contributed by atoms with Gasteiger partial charge in [0.1, 0.15) is 17.2 Å². The Morgan fingerprint density at radius 1 is 0.743 bits per heavy atom.